The number of aliphatic imine (C=N–C) groups is 1. The fourth-order valence-electron chi connectivity index (χ4n) is 4.33. The first-order valence-corrected chi connectivity index (χ1v) is 10.4. The topological polar surface area (TPSA) is 62.0 Å². The van der Waals surface area contributed by atoms with Crippen LogP contribution in [-0.4, -0.2) is 64.3 Å². The van der Waals surface area contributed by atoms with E-state index in [-0.39, 0.29) is 0 Å². The molecule has 152 valence electrons. The van der Waals surface area contributed by atoms with Gasteiger partial charge in [0.05, 0.1) is 12.9 Å². The molecule has 2 aliphatic rings. The molecule has 1 aromatic rings. The quantitative estimate of drug-likeness (QED) is 0.512. The van der Waals surface area contributed by atoms with E-state index in [1.54, 1.807) is 6.26 Å². The summed E-state index contributed by atoms with van der Waals surface area (Å²) in [5.74, 6) is 2.52. The summed E-state index contributed by atoms with van der Waals surface area (Å²) in [7, 11) is 4.34. The van der Waals surface area contributed by atoms with E-state index in [1.165, 1.54) is 25.7 Å². The van der Waals surface area contributed by atoms with E-state index in [9.17, 15) is 0 Å². The zero-order valence-electron chi connectivity index (χ0n) is 17.0. The van der Waals surface area contributed by atoms with Gasteiger partial charge in [-0.05, 0) is 45.5 Å². The third kappa shape index (κ3) is 6.54. The van der Waals surface area contributed by atoms with Crippen LogP contribution >= 0.6 is 0 Å². The smallest absolute Gasteiger partial charge is 0.191 e. The van der Waals surface area contributed by atoms with Crippen LogP contribution < -0.4 is 10.6 Å². The third-order valence-corrected chi connectivity index (χ3v) is 5.71. The number of hydrogen-bond donors (Lipinski definition) is 2. The summed E-state index contributed by atoms with van der Waals surface area (Å²) >= 11 is 0. The zero-order chi connectivity index (χ0) is 19.0. The van der Waals surface area contributed by atoms with Crippen molar-refractivity contribution in [3.8, 4) is 0 Å². The maximum Gasteiger partial charge on any atom is 0.191 e. The lowest BCUT2D eigenvalue weighted by molar-refractivity contribution is 0.186. The van der Waals surface area contributed by atoms with Crippen molar-refractivity contribution in [3.05, 3.63) is 24.2 Å². The molecular formula is C21H36N4O2. The highest BCUT2D eigenvalue weighted by molar-refractivity contribution is 5.79. The van der Waals surface area contributed by atoms with Gasteiger partial charge in [0, 0.05) is 50.5 Å². The molecule has 0 spiro atoms. The van der Waals surface area contributed by atoms with Crippen LogP contribution in [-0.2, 0) is 11.2 Å². The van der Waals surface area contributed by atoms with Gasteiger partial charge < -0.3 is 24.7 Å². The summed E-state index contributed by atoms with van der Waals surface area (Å²) in [6.07, 6.45) is 8.96. The summed E-state index contributed by atoms with van der Waals surface area (Å²) in [4.78, 5) is 7.32. The van der Waals surface area contributed by atoms with Gasteiger partial charge in [0.1, 0.15) is 5.76 Å². The maximum atomic E-state index is 5.50. The summed E-state index contributed by atoms with van der Waals surface area (Å²) < 4.78 is 10.9. The second-order valence-corrected chi connectivity index (χ2v) is 8.48. The monoisotopic (exact) mass is 376 g/mol. The first kappa shape index (κ1) is 20.2. The lowest BCUT2D eigenvalue weighted by Crippen LogP contribution is -2.42. The first-order valence-electron chi connectivity index (χ1n) is 10.4. The van der Waals surface area contributed by atoms with E-state index < -0.39 is 0 Å². The van der Waals surface area contributed by atoms with Crippen molar-refractivity contribution in [2.24, 2.45) is 16.3 Å². The van der Waals surface area contributed by atoms with Crippen LogP contribution in [0.15, 0.2) is 27.8 Å². The Morgan fingerprint density at radius 3 is 2.81 bits per heavy atom. The van der Waals surface area contributed by atoms with E-state index in [4.69, 9.17) is 14.1 Å². The summed E-state index contributed by atoms with van der Waals surface area (Å²) in [5.41, 5.74) is 0.329. The van der Waals surface area contributed by atoms with Crippen LogP contribution in [0.5, 0.6) is 0 Å². The highest BCUT2D eigenvalue weighted by atomic mass is 16.5. The van der Waals surface area contributed by atoms with Gasteiger partial charge in [-0.25, -0.2) is 0 Å². The zero-order valence-corrected chi connectivity index (χ0v) is 17.0. The Labute approximate surface area is 163 Å². The Morgan fingerprint density at radius 1 is 1.30 bits per heavy atom. The van der Waals surface area contributed by atoms with Crippen molar-refractivity contribution in [1.29, 1.82) is 0 Å². The summed E-state index contributed by atoms with van der Waals surface area (Å²) in [6.45, 7) is 5.50. The molecule has 0 radical (unpaired) electrons. The van der Waals surface area contributed by atoms with E-state index >= 15 is 0 Å². The van der Waals surface area contributed by atoms with E-state index in [0.29, 0.717) is 11.3 Å². The fourth-order valence-corrected chi connectivity index (χ4v) is 4.33. The molecular weight excluding hydrogens is 340 g/mol. The van der Waals surface area contributed by atoms with E-state index in [0.717, 1.165) is 64.0 Å². The summed E-state index contributed by atoms with van der Waals surface area (Å²) in [6, 6.07) is 3.96. The number of nitrogens with zero attached hydrogens (tertiary/aromatic N) is 2. The van der Waals surface area contributed by atoms with Crippen molar-refractivity contribution in [3.63, 3.8) is 0 Å². The predicted molar refractivity (Wildman–Crippen MR) is 109 cm³/mol. The predicted octanol–water partition coefficient (Wildman–Crippen LogP) is 2.52. The molecule has 1 saturated heterocycles. The second kappa shape index (κ2) is 10.1. The molecule has 1 aromatic heterocycles. The molecule has 0 aromatic carbocycles. The molecule has 2 fully saturated rings. The van der Waals surface area contributed by atoms with Gasteiger partial charge >= 0.3 is 0 Å². The molecule has 1 saturated carbocycles. The van der Waals surface area contributed by atoms with Crippen LogP contribution in [0.3, 0.4) is 0 Å². The average Bonchev–Trinajstić information content (AvgIpc) is 3.39. The molecule has 1 atom stereocenters. The van der Waals surface area contributed by atoms with Gasteiger partial charge in [-0.2, -0.15) is 0 Å². The lowest BCUT2D eigenvalue weighted by Gasteiger charge is -2.31. The largest absolute Gasteiger partial charge is 0.469 e. The van der Waals surface area contributed by atoms with Crippen LogP contribution in [0.2, 0.25) is 0 Å². The highest BCUT2D eigenvalue weighted by Crippen LogP contribution is 2.38. The standard InChI is InChI=1S/C21H36N4O2/c1-25(2)17-21(9-3-4-10-21)16-24-20(23-14-18-8-13-26-15-18)22-11-7-19-6-5-12-27-19/h5-6,12,18H,3-4,7-11,13-17H2,1-2H3,(H2,22,23,24). The molecule has 2 N–H and O–H groups in total. The Kier molecular flexibility index (Phi) is 7.59. The lowest BCUT2D eigenvalue weighted by atomic mass is 9.86. The molecule has 2 heterocycles. The van der Waals surface area contributed by atoms with Crippen molar-refractivity contribution < 1.29 is 9.15 Å². The fraction of sp³-hybridized carbons (Fsp3) is 0.762. The Morgan fingerprint density at radius 2 is 2.15 bits per heavy atom. The molecule has 0 bridgehead atoms. The number of furan rings is 1. The van der Waals surface area contributed by atoms with Gasteiger partial charge in [0.2, 0.25) is 0 Å². The molecule has 1 aliphatic carbocycles. The van der Waals surface area contributed by atoms with Gasteiger partial charge in [0.25, 0.3) is 0 Å². The second-order valence-electron chi connectivity index (χ2n) is 8.48. The molecule has 1 unspecified atom stereocenters. The summed E-state index contributed by atoms with van der Waals surface area (Å²) in [5, 5.41) is 7.05. The van der Waals surface area contributed by atoms with Crippen LogP contribution in [0, 0.1) is 11.3 Å². The first-order chi connectivity index (χ1) is 13.2. The van der Waals surface area contributed by atoms with Crippen LogP contribution in [0.4, 0.5) is 0 Å². The number of rotatable bonds is 9. The van der Waals surface area contributed by atoms with Gasteiger partial charge in [-0.3, -0.25) is 4.99 Å². The minimum Gasteiger partial charge on any atom is -0.469 e. The number of hydrogen-bond acceptors (Lipinski definition) is 4. The molecule has 6 heteroatoms. The van der Waals surface area contributed by atoms with Crippen molar-refractivity contribution >= 4 is 5.96 Å². The molecule has 3 rings (SSSR count). The van der Waals surface area contributed by atoms with E-state index in [1.807, 2.05) is 12.1 Å². The number of ether oxygens (including phenoxy) is 1. The SMILES string of the molecule is CN(C)CC1(CN=C(NCCc2ccco2)NCC2CCOC2)CCCC1. The minimum atomic E-state index is 0.329. The van der Waals surface area contributed by atoms with Crippen molar-refractivity contribution in [1.82, 2.24) is 15.5 Å². The van der Waals surface area contributed by atoms with Crippen LogP contribution in [0.25, 0.3) is 0 Å². The number of nitrogens with one attached hydrogen (secondary N) is 2. The minimum absolute atomic E-state index is 0.329. The normalized spacial score (nSPS) is 22.5. The Balaban J connectivity index is 1.56. The highest BCUT2D eigenvalue weighted by Gasteiger charge is 2.34. The van der Waals surface area contributed by atoms with Gasteiger partial charge in [-0.1, -0.05) is 12.8 Å². The Hall–Kier alpha value is -1.53. The van der Waals surface area contributed by atoms with Gasteiger partial charge in [-0.15, -0.1) is 0 Å². The average molecular weight is 377 g/mol. The Bertz CT molecular complexity index is 559. The van der Waals surface area contributed by atoms with Crippen LogP contribution in [0.1, 0.15) is 37.9 Å². The third-order valence-electron chi connectivity index (χ3n) is 5.71. The molecule has 27 heavy (non-hydrogen) atoms. The molecule has 0 amide bonds. The van der Waals surface area contributed by atoms with E-state index in [2.05, 4.69) is 29.6 Å². The van der Waals surface area contributed by atoms with Gasteiger partial charge in [0.15, 0.2) is 5.96 Å². The van der Waals surface area contributed by atoms with Crippen molar-refractivity contribution in [2.75, 3.05) is 53.5 Å². The molecule has 6 nitrogen and oxygen atoms in total. The molecule has 1 aliphatic heterocycles. The van der Waals surface area contributed by atoms with Crippen molar-refractivity contribution in [2.45, 2.75) is 38.5 Å². The maximum absolute atomic E-state index is 5.50. The number of guanidine groups is 1.